The summed E-state index contributed by atoms with van der Waals surface area (Å²) in [5.74, 6) is -1.22. The topological polar surface area (TPSA) is 69.7 Å². The summed E-state index contributed by atoms with van der Waals surface area (Å²) in [5, 5.41) is 2.30. The van der Waals surface area contributed by atoms with Crippen molar-refractivity contribution in [1.82, 2.24) is 9.80 Å². The maximum Gasteiger partial charge on any atom is 0.416 e. The van der Waals surface area contributed by atoms with Crippen LogP contribution in [0, 0.1) is 0 Å². The molecule has 0 aromatic heterocycles. The lowest BCUT2D eigenvalue weighted by atomic mass is 10.1. The van der Waals surface area contributed by atoms with Crippen LogP contribution in [0.25, 0.3) is 0 Å². The summed E-state index contributed by atoms with van der Waals surface area (Å²) < 4.78 is 38.2. The summed E-state index contributed by atoms with van der Waals surface area (Å²) in [6.45, 7) is 3.49. The quantitative estimate of drug-likeness (QED) is 0.865. The van der Waals surface area contributed by atoms with Gasteiger partial charge >= 0.3 is 12.2 Å². The van der Waals surface area contributed by atoms with Gasteiger partial charge in [0.2, 0.25) is 11.8 Å². The number of nitrogens with one attached hydrogen (secondary N) is 1. The smallest absolute Gasteiger partial charge is 0.325 e. The van der Waals surface area contributed by atoms with Crippen molar-refractivity contribution in [3.63, 3.8) is 0 Å². The number of alkyl halides is 3. The van der Waals surface area contributed by atoms with Crippen LogP contribution >= 0.6 is 0 Å². The number of rotatable bonds is 5. The average molecular weight is 371 g/mol. The molecule has 0 bridgehead atoms. The molecule has 2 rings (SSSR count). The lowest BCUT2D eigenvalue weighted by Gasteiger charge is -2.37. The Hall–Kier alpha value is -2.58. The maximum atomic E-state index is 12.7. The molecule has 1 aliphatic rings. The Kier molecular flexibility index (Phi) is 5.89. The van der Waals surface area contributed by atoms with Crippen LogP contribution in [0.1, 0.15) is 32.3 Å². The first-order valence-electron chi connectivity index (χ1n) is 8.21. The Balaban J connectivity index is 2.07. The van der Waals surface area contributed by atoms with E-state index < -0.39 is 36.1 Å². The average Bonchev–Trinajstić information content (AvgIpc) is 2.57. The third-order valence-corrected chi connectivity index (χ3v) is 4.24. The number of hydrogen-bond donors (Lipinski definition) is 1. The van der Waals surface area contributed by atoms with Crippen LogP contribution in [0.5, 0.6) is 0 Å². The molecule has 142 valence electrons. The Labute approximate surface area is 148 Å². The number of halogens is 3. The van der Waals surface area contributed by atoms with Crippen molar-refractivity contribution in [2.45, 2.75) is 38.9 Å². The number of nitrogens with zero attached hydrogens (tertiary/aromatic N) is 2. The Morgan fingerprint density at radius 3 is 2.62 bits per heavy atom. The molecule has 1 aliphatic heterocycles. The van der Waals surface area contributed by atoms with Crippen molar-refractivity contribution >= 4 is 23.5 Å². The molecule has 0 spiro atoms. The minimum absolute atomic E-state index is 0.0551. The van der Waals surface area contributed by atoms with Gasteiger partial charge in [0.15, 0.2) is 0 Å². The minimum atomic E-state index is -4.53. The summed E-state index contributed by atoms with van der Waals surface area (Å²) in [6, 6.07) is 3.51. The molecule has 6 nitrogen and oxygen atoms in total. The summed E-state index contributed by atoms with van der Waals surface area (Å²) in [7, 11) is 0. The van der Waals surface area contributed by atoms with Gasteiger partial charge in [-0.25, -0.2) is 4.79 Å². The third kappa shape index (κ3) is 4.53. The summed E-state index contributed by atoms with van der Waals surface area (Å²) in [4.78, 5) is 38.9. The predicted octanol–water partition coefficient (Wildman–Crippen LogP) is 3.10. The molecule has 0 unspecified atom stereocenters. The van der Waals surface area contributed by atoms with E-state index in [0.29, 0.717) is 13.0 Å². The van der Waals surface area contributed by atoms with Gasteiger partial charge in [0.05, 0.1) is 5.56 Å². The molecule has 0 aliphatic carbocycles. The van der Waals surface area contributed by atoms with E-state index in [0.717, 1.165) is 17.0 Å². The van der Waals surface area contributed by atoms with Crippen molar-refractivity contribution in [2.75, 3.05) is 18.4 Å². The molecule has 0 saturated carbocycles. The molecular formula is C17H20F3N3O3. The first-order valence-corrected chi connectivity index (χ1v) is 8.21. The normalized spacial score (nSPS) is 16.7. The van der Waals surface area contributed by atoms with Gasteiger partial charge < -0.3 is 10.2 Å². The highest BCUT2D eigenvalue weighted by molar-refractivity contribution is 6.02. The molecule has 1 N–H and O–H groups in total. The highest BCUT2D eigenvalue weighted by Gasteiger charge is 2.35. The van der Waals surface area contributed by atoms with E-state index in [1.807, 2.05) is 13.8 Å². The first-order chi connectivity index (χ1) is 12.1. The molecule has 1 fully saturated rings. The number of urea groups is 1. The van der Waals surface area contributed by atoms with Gasteiger partial charge in [0.1, 0.15) is 6.54 Å². The van der Waals surface area contributed by atoms with Crippen molar-refractivity contribution in [1.29, 1.82) is 0 Å². The highest BCUT2D eigenvalue weighted by atomic mass is 19.4. The molecule has 9 heteroatoms. The molecule has 1 aromatic carbocycles. The molecule has 0 radical (unpaired) electrons. The molecule has 1 aromatic rings. The van der Waals surface area contributed by atoms with Crippen LogP contribution < -0.4 is 5.32 Å². The molecular weight excluding hydrogens is 351 g/mol. The SMILES string of the molecule is CC[C@@H](C)N1CCC(=O)N(CC(=O)Nc2cccc(C(F)(F)F)c2)C1=O. The fourth-order valence-electron chi connectivity index (χ4n) is 2.61. The van der Waals surface area contributed by atoms with E-state index in [1.165, 1.54) is 17.0 Å². The van der Waals surface area contributed by atoms with Gasteiger partial charge in [0.25, 0.3) is 0 Å². The number of hydrogen-bond acceptors (Lipinski definition) is 3. The zero-order valence-corrected chi connectivity index (χ0v) is 14.5. The highest BCUT2D eigenvalue weighted by Crippen LogP contribution is 2.30. The van der Waals surface area contributed by atoms with Gasteiger partial charge in [0, 0.05) is 24.7 Å². The van der Waals surface area contributed by atoms with E-state index in [2.05, 4.69) is 5.32 Å². The minimum Gasteiger partial charge on any atom is -0.325 e. The monoisotopic (exact) mass is 371 g/mol. The summed E-state index contributed by atoms with van der Waals surface area (Å²) in [5.41, 5.74) is -0.955. The van der Waals surface area contributed by atoms with Crippen LogP contribution in [0.3, 0.4) is 0 Å². The van der Waals surface area contributed by atoms with Crippen LogP contribution in [-0.2, 0) is 15.8 Å². The van der Waals surface area contributed by atoms with E-state index in [9.17, 15) is 27.6 Å². The number of carbonyl (C=O) groups excluding carboxylic acids is 3. The van der Waals surface area contributed by atoms with E-state index in [4.69, 9.17) is 0 Å². The second-order valence-corrected chi connectivity index (χ2v) is 6.09. The Morgan fingerprint density at radius 2 is 2.00 bits per heavy atom. The second kappa shape index (κ2) is 7.76. The van der Waals surface area contributed by atoms with Crippen LogP contribution in [-0.4, -0.2) is 46.8 Å². The van der Waals surface area contributed by atoms with Gasteiger partial charge in [-0.15, -0.1) is 0 Å². The zero-order valence-electron chi connectivity index (χ0n) is 14.5. The number of imide groups is 1. The lowest BCUT2D eigenvalue weighted by molar-refractivity contribution is -0.137. The maximum absolute atomic E-state index is 12.7. The van der Waals surface area contributed by atoms with E-state index >= 15 is 0 Å². The molecule has 26 heavy (non-hydrogen) atoms. The second-order valence-electron chi connectivity index (χ2n) is 6.09. The van der Waals surface area contributed by atoms with Crippen LogP contribution in [0.4, 0.5) is 23.7 Å². The van der Waals surface area contributed by atoms with Crippen LogP contribution in [0.15, 0.2) is 24.3 Å². The van der Waals surface area contributed by atoms with Gasteiger partial charge in [-0.3, -0.25) is 14.5 Å². The van der Waals surface area contributed by atoms with Crippen molar-refractivity contribution in [3.05, 3.63) is 29.8 Å². The van der Waals surface area contributed by atoms with E-state index in [-0.39, 0.29) is 18.2 Å². The van der Waals surface area contributed by atoms with Crippen molar-refractivity contribution in [3.8, 4) is 0 Å². The Morgan fingerprint density at radius 1 is 1.31 bits per heavy atom. The van der Waals surface area contributed by atoms with E-state index in [1.54, 1.807) is 0 Å². The molecule has 4 amide bonds. The molecule has 1 atom stereocenters. The number of benzene rings is 1. The fourth-order valence-corrected chi connectivity index (χ4v) is 2.61. The van der Waals surface area contributed by atoms with Crippen molar-refractivity contribution in [2.24, 2.45) is 0 Å². The molecule has 1 saturated heterocycles. The van der Waals surface area contributed by atoms with Crippen molar-refractivity contribution < 1.29 is 27.6 Å². The fraction of sp³-hybridized carbons (Fsp3) is 0.471. The standard InChI is InChI=1S/C17H20F3N3O3/c1-3-11(2)22-8-7-15(25)23(16(22)26)10-14(24)21-13-6-4-5-12(9-13)17(18,19)20/h4-6,9,11H,3,7-8,10H2,1-2H3,(H,21,24)/t11-/m1/s1. The predicted molar refractivity (Wildman–Crippen MR) is 88.3 cm³/mol. The number of anilines is 1. The third-order valence-electron chi connectivity index (χ3n) is 4.24. The van der Waals surface area contributed by atoms with Gasteiger partial charge in [-0.1, -0.05) is 13.0 Å². The lowest BCUT2D eigenvalue weighted by Crippen LogP contribution is -2.56. The molecule has 1 heterocycles. The largest absolute Gasteiger partial charge is 0.416 e. The van der Waals surface area contributed by atoms with Crippen LogP contribution in [0.2, 0.25) is 0 Å². The first kappa shape index (κ1) is 19.7. The van der Waals surface area contributed by atoms with Gasteiger partial charge in [-0.05, 0) is 31.5 Å². The number of carbonyl (C=O) groups is 3. The number of amides is 4. The zero-order chi connectivity index (χ0) is 19.5. The summed E-state index contributed by atoms with van der Waals surface area (Å²) >= 11 is 0. The Bertz CT molecular complexity index is 706. The summed E-state index contributed by atoms with van der Waals surface area (Å²) in [6.07, 6.45) is -3.73. The van der Waals surface area contributed by atoms with Gasteiger partial charge in [-0.2, -0.15) is 13.2 Å².